The van der Waals surface area contributed by atoms with Crippen LogP contribution in [0.5, 0.6) is 0 Å². The monoisotopic (exact) mass is 280 g/mol. The van der Waals surface area contributed by atoms with Gasteiger partial charge in [0.25, 0.3) is 10.2 Å². The molecule has 1 aliphatic heterocycles. The van der Waals surface area contributed by atoms with Crippen molar-refractivity contribution in [2.24, 2.45) is 0 Å². The molecule has 0 spiro atoms. The molecule has 1 heterocycles. The lowest BCUT2D eigenvalue weighted by molar-refractivity contribution is 0.343. The Bertz CT molecular complexity index is 335. The van der Waals surface area contributed by atoms with Crippen molar-refractivity contribution in [3.8, 4) is 0 Å². The van der Waals surface area contributed by atoms with Crippen LogP contribution in [0.1, 0.15) is 38.5 Å². The van der Waals surface area contributed by atoms with E-state index in [9.17, 15) is 8.42 Å². The van der Waals surface area contributed by atoms with Gasteiger partial charge in [-0.3, -0.25) is 0 Å². The Morgan fingerprint density at radius 1 is 1.12 bits per heavy atom. The minimum atomic E-state index is -3.26. The molecule has 2 aliphatic rings. The maximum atomic E-state index is 12.5. The van der Waals surface area contributed by atoms with Crippen LogP contribution in [0.3, 0.4) is 0 Å². The Labute approximate surface area is 109 Å². The first-order valence-electron chi connectivity index (χ1n) is 6.49. The van der Waals surface area contributed by atoms with E-state index < -0.39 is 10.2 Å². The quantitative estimate of drug-likeness (QED) is 0.721. The van der Waals surface area contributed by atoms with Crippen LogP contribution < -0.4 is 0 Å². The largest absolute Gasteiger partial charge is 0.282 e. The van der Waals surface area contributed by atoms with E-state index in [0.29, 0.717) is 25.5 Å². The molecule has 0 aromatic rings. The lowest BCUT2D eigenvalue weighted by Crippen LogP contribution is -2.46. The Morgan fingerprint density at radius 3 is 2.18 bits per heavy atom. The predicted molar refractivity (Wildman–Crippen MR) is 69.4 cm³/mol. The summed E-state index contributed by atoms with van der Waals surface area (Å²) in [6.45, 7) is 1.80. The number of rotatable bonds is 5. The van der Waals surface area contributed by atoms with Crippen molar-refractivity contribution in [3.05, 3.63) is 0 Å². The third-order valence-electron chi connectivity index (χ3n) is 3.45. The summed E-state index contributed by atoms with van der Waals surface area (Å²) in [6.07, 6.45) is 6.24. The van der Waals surface area contributed by atoms with Gasteiger partial charge in [-0.1, -0.05) is 12.8 Å². The first-order valence-corrected chi connectivity index (χ1v) is 8.42. The highest BCUT2D eigenvalue weighted by Gasteiger charge is 2.39. The summed E-state index contributed by atoms with van der Waals surface area (Å²) in [5.41, 5.74) is 0. The molecule has 1 saturated heterocycles. The van der Waals surface area contributed by atoms with Crippen molar-refractivity contribution in [3.63, 3.8) is 0 Å². The highest BCUT2D eigenvalue weighted by atomic mass is 35.5. The number of hydrogen-bond acceptors (Lipinski definition) is 2. The smallest absolute Gasteiger partial charge is 0.195 e. The topological polar surface area (TPSA) is 40.6 Å². The molecule has 1 saturated carbocycles. The normalized spacial score (nSPS) is 23.9. The first kappa shape index (κ1) is 13.6. The second-order valence-electron chi connectivity index (χ2n) is 4.85. The summed E-state index contributed by atoms with van der Waals surface area (Å²) in [5.74, 6) is 0.379. The van der Waals surface area contributed by atoms with Crippen LogP contribution in [-0.4, -0.2) is 48.6 Å². The Kier molecular flexibility index (Phi) is 4.69. The Balaban J connectivity index is 2.08. The highest BCUT2D eigenvalue weighted by molar-refractivity contribution is 7.86. The third-order valence-corrected chi connectivity index (χ3v) is 5.71. The van der Waals surface area contributed by atoms with E-state index in [1.165, 1.54) is 0 Å². The predicted octanol–water partition coefficient (Wildman–Crippen LogP) is 1.81. The number of nitrogens with zero attached hydrogens (tertiary/aromatic N) is 2. The second kappa shape index (κ2) is 5.87. The van der Waals surface area contributed by atoms with Crippen molar-refractivity contribution in [1.82, 2.24) is 8.61 Å². The van der Waals surface area contributed by atoms with Crippen molar-refractivity contribution in [2.75, 3.05) is 25.5 Å². The summed E-state index contributed by atoms with van der Waals surface area (Å²) >= 11 is 5.72. The molecule has 17 heavy (non-hydrogen) atoms. The molecule has 4 nitrogen and oxygen atoms in total. The molecule has 0 N–H and O–H groups in total. The van der Waals surface area contributed by atoms with E-state index in [1.54, 1.807) is 8.61 Å². The fourth-order valence-electron chi connectivity index (χ4n) is 2.35. The molecule has 100 valence electrons. The summed E-state index contributed by atoms with van der Waals surface area (Å²) in [5, 5.41) is 0. The summed E-state index contributed by atoms with van der Waals surface area (Å²) < 4.78 is 28.3. The van der Waals surface area contributed by atoms with Gasteiger partial charge < -0.3 is 0 Å². The highest BCUT2D eigenvalue weighted by Crippen LogP contribution is 2.31. The van der Waals surface area contributed by atoms with E-state index in [-0.39, 0.29) is 6.04 Å². The van der Waals surface area contributed by atoms with Crippen molar-refractivity contribution in [1.29, 1.82) is 0 Å². The molecule has 2 rings (SSSR count). The van der Waals surface area contributed by atoms with E-state index in [4.69, 9.17) is 11.6 Å². The van der Waals surface area contributed by atoms with Gasteiger partial charge in [-0.25, -0.2) is 0 Å². The summed E-state index contributed by atoms with van der Waals surface area (Å²) in [6, 6.07) is 0.210. The molecule has 0 aromatic heterocycles. The van der Waals surface area contributed by atoms with Gasteiger partial charge in [0.15, 0.2) is 0 Å². The molecule has 0 bridgehead atoms. The zero-order valence-corrected chi connectivity index (χ0v) is 11.7. The van der Waals surface area contributed by atoms with Crippen LogP contribution in [0, 0.1) is 0 Å². The molecular weight excluding hydrogens is 260 g/mol. The third kappa shape index (κ3) is 3.34. The van der Waals surface area contributed by atoms with Crippen molar-refractivity contribution in [2.45, 2.75) is 44.6 Å². The second-order valence-corrected chi connectivity index (χ2v) is 7.11. The number of hydrogen-bond donors (Lipinski definition) is 0. The minimum Gasteiger partial charge on any atom is -0.195 e. The van der Waals surface area contributed by atoms with Gasteiger partial charge in [-0.05, 0) is 25.7 Å². The van der Waals surface area contributed by atoms with Gasteiger partial charge >= 0.3 is 0 Å². The Morgan fingerprint density at radius 2 is 1.71 bits per heavy atom. The fourth-order valence-corrected chi connectivity index (χ4v) is 4.56. The molecule has 0 aromatic carbocycles. The van der Waals surface area contributed by atoms with Crippen LogP contribution in [0.25, 0.3) is 0 Å². The zero-order chi connectivity index (χ0) is 12.3. The molecule has 0 unspecified atom stereocenters. The fraction of sp³-hybridized carbons (Fsp3) is 1.00. The lowest BCUT2D eigenvalue weighted by atomic mass is 10.2. The summed E-state index contributed by atoms with van der Waals surface area (Å²) in [7, 11) is -3.26. The number of alkyl halides is 1. The van der Waals surface area contributed by atoms with Crippen LogP contribution in [-0.2, 0) is 10.2 Å². The standard InChI is InChI=1S/C11H21ClN2O2S/c12-7-10-14(11-5-6-11)17(15,16)13-8-3-1-2-4-9-13/h11H,1-10H2. The van der Waals surface area contributed by atoms with Crippen LogP contribution in [0.15, 0.2) is 0 Å². The molecule has 0 atom stereocenters. The SMILES string of the molecule is O=S(=O)(N1CCCCCC1)N(CCCl)C1CC1. The van der Waals surface area contributed by atoms with Crippen LogP contribution in [0.2, 0.25) is 0 Å². The average molecular weight is 281 g/mol. The van der Waals surface area contributed by atoms with Crippen molar-refractivity contribution < 1.29 is 8.42 Å². The average Bonchev–Trinajstić information content (AvgIpc) is 3.11. The van der Waals surface area contributed by atoms with E-state index in [2.05, 4.69) is 0 Å². The van der Waals surface area contributed by atoms with Gasteiger partial charge in [0, 0.05) is 31.6 Å². The van der Waals surface area contributed by atoms with Crippen LogP contribution in [0.4, 0.5) is 0 Å². The first-order chi connectivity index (χ1) is 8.16. The maximum Gasteiger partial charge on any atom is 0.282 e. The van der Waals surface area contributed by atoms with Gasteiger partial charge in [0.2, 0.25) is 0 Å². The Hall–Kier alpha value is 0.160. The molecule has 0 amide bonds. The molecule has 0 radical (unpaired) electrons. The lowest BCUT2D eigenvalue weighted by Gasteiger charge is -2.28. The van der Waals surface area contributed by atoms with Crippen molar-refractivity contribution >= 4 is 21.8 Å². The molecular formula is C11H21ClN2O2S. The van der Waals surface area contributed by atoms with Gasteiger partial charge in [-0.15, -0.1) is 11.6 Å². The van der Waals surface area contributed by atoms with Gasteiger partial charge in [0.05, 0.1) is 0 Å². The molecule has 1 aliphatic carbocycles. The molecule has 6 heteroatoms. The number of halogens is 1. The van der Waals surface area contributed by atoms with Gasteiger partial charge in [-0.2, -0.15) is 17.0 Å². The van der Waals surface area contributed by atoms with Crippen LogP contribution >= 0.6 is 11.6 Å². The summed E-state index contributed by atoms with van der Waals surface area (Å²) in [4.78, 5) is 0. The maximum absolute atomic E-state index is 12.5. The van der Waals surface area contributed by atoms with E-state index in [0.717, 1.165) is 38.5 Å². The zero-order valence-electron chi connectivity index (χ0n) is 10.1. The molecule has 2 fully saturated rings. The van der Waals surface area contributed by atoms with E-state index >= 15 is 0 Å². The van der Waals surface area contributed by atoms with E-state index in [1.807, 2.05) is 0 Å². The van der Waals surface area contributed by atoms with Gasteiger partial charge in [0.1, 0.15) is 0 Å². The minimum absolute atomic E-state index is 0.210.